The standard InChI is InChI=1S/C8H15NO2.ClH/c1-11-8(10)6-3-2-4-7(9)5-6;/h6-7H,2-5,9H2,1H3;1H/t6-,7+;/m1./s1. The summed E-state index contributed by atoms with van der Waals surface area (Å²) in [4.78, 5) is 11.0. The van der Waals surface area contributed by atoms with Crippen molar-refractivity contribution in [1.29, 1.82) is 0 Å². The third-order valence-corrected chi connectivity index (χ3v) is 2.25. The van der Waals surface area contributed by atoms with Crippen molar-refractivity contribution in [1.82, 2.24) is 0 Å². The molecule has 2 atom stereocenters. The first kappa shape index (κ1) is 11.7. The Balaban J connectivity index is 0.00000121. The fourth-order valence-corrected chi connectivity index (χ4v) is 1.61. The summed E-state index contributed by atoms with van der Waals surface area (Å²) in [6.07, 6.45) is 3.85. The zero-order valence-electron chi connectivity index (χ0n) is 7.29. The van der Waals surface area contributed by atoms with Crippen molar-refractivity contribution in [3.63, 3.8) is 0 Å². The van der Waals surface area contributed by atoms with Crippen molar-refractivity contribution in [2.75, 3.05) is 7.11 Å². The van der Waals surface area contributed by atoms with Crippen molar-refractivity contribution in [2.24, 2.45) is 11.7 Å². The van der Waals surface area contributed by atoms with Crippen LogP contribution < -0.4 is 5.73 Å². The number of hydrogen-bond donors (Lipinski definition) is 1. The van der Waals surface area contributed by atoms with Crippen LogP contribution in [0, 0.1) is 5.92 Å². The van der Waals surface area contributed by atoms with Gasteiger partial charge in [-0.05, 0) is 19.3 Å². The molecule has 4 heteroatoms. The lowest BCUT2D eigenvalue weighted by atomic mass is 9.86. The molecule has 0 radical (unpaired) electrons. The summed E-state index contributed by atoms with van der Waals surface area (Å²) in [6, 6.07) is 0.202. The van der Waals surface area contributed by atoms with Gasteiger partial charge in [-0.3, -0.25) is 4.79 Å². The van der Waals surface area contributed by atoms with E-state index in [4.69, 9.17) is 5.73 Å². The molecule has 0 aromatic rings. The Morgan fingerprint density at radius 2 is 2.17 bits per heavy atom. The van der Waals surface area contributed by atoms with Crippen molar-refractivity contribution in [3.05, 3.63) is 0 Å². The highest BCUT2D eigenvalue weighted by Gasteiger charge is 2.25. The molecule has 1 rings (SSSR count). The monoisotopic (exact) mass is 193 g/mol. The molecule has 0 unspecified atom stereocenters. The average Bonchev–Trinajstić information content (AvgIpc) is 2.03. The maximum Gasteiger partial charge on any atom is 0.308 e. The molecular formula is C8H16ClNO2. The first-order chi connectivity index (χ1) is 5.24. The summed E-state index contributed by atoms with van der Waals surface area (Å²) in [5, 5.41) is 0. The molecule has 3 nitrogen and oxygen atoms in total. The maximum absolute atomic E-state index is 11.0. The van der Waals surface area contributed by atoms with Crippen LogP contribution in [-0.4, -0.2) is 19.1 Å². The number of esters is 1. The van der Waals surface area contributed by atoms with Gasteiger partial charge in [-0.15, -0.1) is 12.4 Å². The maximum atomic E-state index is 11.0. The molecule has 0 bridgehead atoms. The highest BCUT2D eigenvalue weighted by atomic mass is 35.5. The molecule has 1 fully saturated rings. The van der Waals surface area contributed by atoms with Crippen molar-refractivity contribution >= 4 is 18.4 Å². The van der Waals surface area contributed by atoms with Gasteiger partial charge in [0.1, 0.15) is 0 Å². The third-order valence-electron chi connectivity index (χ3n) is 2.25. The SMILES string of the molecule is COC(=O)[C@@H]1CCC[C@H](N)C1.Cl. The highest BCUT2D eigenvalue weighted by Crippen LogP contribution is 2.23. The molecule has 0 aromatic heterocycles. The molecule has 1 aliphatic carbocycles. The number of carbonyl (C=O) groups excluding carboxylic acids is 1. The minimum atomic E-state index is -0.0971. The zero-order chi connectivity index (χ0) is 8.27. The van der Waals surface area contributed by atoms with E-state index in [1.807, 2.05) is 0 Å². The van der Waals surface area contributed by atoms with E-state index in [1.165, 1.54) is 7.11 Å². The van der Waals surface area contributed by atoms with Crippen LogP contribution in [0.2, 0.25) is 0 Å². The van der Waals surface area contributed by atoms with Crippen LogP contribution in [0.1, 0.15) is 25.7 Å². The van der Waals surface area contributed by atoms with Crippen LogP contribution in [-0.2, 0) is 9.53 Å². The van der Waals surface area contributed by atoms with Crippen LogP contribution in [0.15, 0.2) is 0 Å². The second-order valence-electron chi connectivity index (χ2n) is 3.15. The van der Waals surface area contributed by atoms with Crippen LogP contribution in [0.25, 0.3) is 0 Å². The third kappa shape index (κ3) is 2.99. The van der Waals surface area contributed by atoms with E-state index in [2.05, 4.69) is 4.74 Å². The largest absolute Gasteiger partial charge is 0.469 e. The Hall–Kier alpha value is -0.280. The van der Waals surface area contributed by atoms with Gasteiger partial charge in [0.15, 0.2) is 0 Å². The second kappa shape index (κ2) is 5.38. The lowest BCUT2D eigenvalue weighted by Gasteiger charge is -2.24. The smallest absolute Gasteiger partial charge is 0.308 e. The van der Waals surface area contributed by atoms with Gasteiger partial charge < -0.3 is 10.5 Å². The molecular weight excluding hydrogens is 178 g/mol. The van der Waals surface area contributed by atoms with Crippen LogP contribution in [0.3, 0.4) is 0 Å². The second-order valence-corrected chi connectivity index (χ2v) is 3.15. The summed E-state index contributed by atoms with van der Waals surface area (Å²) in [7, 11) is 1.43. The molecule has 0 aromatic carbocycles. The molecule has 0 aliphatic heterocycles. The number of carbonyl (C=O) groups is 1. The predicted octanol–water partition coefficient (Wildman–Crippen LogP) is 1.10. The Morgan fingerprint density at radius 3 is 2.67 bits per heavy atom. The number of methoxy groups -OCH3 is 1. The number of rotatable bonds is 1. The number of ether oxygens (including phenoxy) is 1. The van der Waals surface area contributed by atoms with E-state index in [0.717, 1.165) is 25.7 Å². The van der Waals surface area contributed by atoms with Gasteiger partial charge in [-0.25, -0.2) is 0 Å². The topological polar surface area (TPSA) is 52.3 Å². The van der Waals surface area contributed by atoms with E-state index in [-0.39, 0.29) is 30.3 Å². The first-order valence-electron chi connectivity index (χ1n) is 4.07. The molecule has 0 saturated heterocycles. The summed E-state index contributed by atoms with van der Waals surface area (Å²) in [5.74, 6) is -0.0381. The summed E-state index contributed by atoms with van der Waals surface area (Å²) >= 11 is 0. The molecule has 0 amide bonds. The summed E-state index contributed by atoms with van der Waals surface area (Å²) < 4.78 is 4.64. The van der Waals surface area contributed by atoms with Gasteiger partial charge in [-0.1, -0.05) is 6.42 Å². The van der Waals surface area contributed by atoms with E-state index in [1.54, 1.807) is 0 Å². The van der Waals surface area contributed by atoms with Crippen molar-refractivity contribution in [2.45, 2.75) is 31.7 Å². The van der Waals surface area contributed by atoms with Crippen LogP contribution >= 0.6 is 12.4 Å². The Labute approximate surface area is 79.1 Å². The Kier molecular flexibility index (Phi) is 5.25. The van der Waals surface area contributed by atoms with Crippen molar-refractivity contribution in [3.8, 4) is 0 Å². The summed E-state index contributed by atoms with van der Waals surface area (Å²) in [5.41, 5.74) is 5.71. The lowest BCUT2D eigenvalue weighted by molar-refractivity contribution is -0.146. The molecule has 0 heterocycles. The van der Waals surface area contributed by atoms with E-state index >= 15 is 0 Å². The van der Waals surface area contributed by atoms with Gasteiger partial charge in [0.2, 0.25) is 0 Å². The quantitative estimate of drug-likeness (QED) is 0.635. The van der Waals surface area contributed by atoms with Crippen molar-refractivity contribution < 1.29 is 9.53 Å². The zero-order valence-corrected chi connectivity index (χ0v) is 8.10. The van der Waals surface area contributed by atoms with E-state index in [9.17, 15) is 4.79 Å². The van der Waals surface area contributed by atoms with Gasteiger partial charge >= 0.3 is 5.97 Å². The fraction of sp³-hybridized carbons (Fsp3) is 0.875. The first-order valence-corrected chi connectivity index (χ1v) is 4.07. The lowest BCUT2D eigenvalue weighted by Crippen LogP contribution is -2.32. The van der Waals surface area contributed by atoms with Gasteiger partial charge in [0.05, 0.1) is 13.0 Å². The summed E-state index contributed by atoms with van der Waals surface area (Å²) in [6.45, 7) is 0. The van der Waals surface area contributed by atoms with Gasteiger partial charge in [0.25, 0.3) is 0 Å². The fourth-order valence-electron chi connectivity index (χ4n) is 1.61. The predicted molar refractivity (Wildman–Crippen MR) is 49.2 cm³/mol. The number of halogens is 1. The van der Waals surface area contributed by atoms with Crippen LogP contribution in [0.4, 0.5) is 0 Å². The van der Waals surface area contributed by atoms with E-state index in [0.29, 0.717) is 0 Å². The highest BCUT2D eigenvalue weighted by molar-refractivity contribution is 5.85. The van der Waals surface area contributed by atoms with Gasteiger partial charge in [0, 0.05) is 6.04 Å². The average molecular weight is 194 g/mol. The normalized spacial score (nSPS) is 28.8. The molecule has 12 heavy (non-hydrogen) atoms. The molecule has 1 aliphatic rings. The van der Waals surface area contributed by atoms with Gasteiger partial charge in [-0.2, -0.15) is 0 Å². The minimum absolute atomic E-state index is 0. The molecule has 0 spiro atoms. The Morgan fingerprint density at radius 1 is 1.50 bits per heavy atom. The minimum Gasteiger partial charge on any atom is -0.469 e. The Bertz CT molecular complexity index is 152. The molecule has 2 N–H and O–H groups in total. The molecule has 72 valence electrons. The number of nitrogens with two attached hydrogens (primary N) is 1. The van der Waals surface area contributed by atoms with E-state index < -0.39 is 0 Å². The number of hydrogen-bond acceptors (Lipinski definition) is 3. The van der Waals surface area contributed by atoms with Crippen LogP contribution in [0.5, 0.6) is 0 Å². The molecule has 1 saturated carbocycles.